The van der Waals surface area contributed by atoms with Gasteiger partial charge in [-0.25, -0.2) is 4.39 Å². The van der Waals surface area contributed by atoms with Crippen LogP contribution in [0.4, 0.5) is 4.39 Å². The molecule has 1 saturated carbocycles. The minimum Gasteiger partial charge on any atom is -0.381 e. The topological polar surface area (TPSA) is 21.3 Å². The molecule has 3 heteroatoms. The lowest BCUT2D eigenvalue weighted by Gasteiger charge is -2.17. The van der Waals surface area contributed by atoms with Crippen LogP contribution in [0, 0.1) is 17.7 Å². The maximum absolute atomic E-state index is 13.6. The van der Waals surface area contributed by atoms with Crippen LogP contribution < -0.4 is 5.32 Å². The van der Waals surface area contributed by atoms with Crippen LogP contribution in [0.2, 0.25) is 0 Å². The number of nitrogens with one attached hydrogen (secondary N) is 1. The molecule has 1 aliphatic rings. The van der Waals surface area contributed by atoms with Gasteiger partial charge in [0, 0.05) is 13.2 Å². The van der Waals surface area contributed by atoms with Gasteiger partial charge in [0.2, 0.25) is 0 Å². The average Bonchev–Trinajstić information content (AvgIpc) is 3.16. The van der Waals surface area contributed by atoms with Gasteiger partial charge in [-0.2, -0.15) is 0 Å². The first kappa shape index (κ1) is 13.5. The highest BCUT2D eigenvalue weighted by Gasteiger charge is 2.22. The Morgan fingerprint density at radius 1 is 1.39 bits per heavy atom. The second-order valence-corrected chi connectivity index (χ2v) is 5.20. The minimum atomic E-state index is -0.110. The molecule has 1 atom stereocenters. The van der Waals surface area contributed by atoms with Gasteiger partial charge in [-0.1, -0.05) is 18.2 Å². The summed E-state index contributed by atoms with van der Waals surface area (Å²) in [6, 6.07) is 7.01. The first-order chi connectivity index (χ1) is 8.79. The highest BCUT2D eigenvalue weighted by Crippen LogP contribution is 2.29. The SMILES string of the molecule is CNCC(COCC1CC1)Cc1ccccc1F. The van der Waals surface area contributed by atoms with Gasteiger partial charge in [0.15, 0.2) is 0 Å². The minimum absolute atomic E-state index is 0.110. The van der Waals surface area contributed by atoms with Crippen LogP contribution in [0.3, 0.4) is 0 Å². The van der Waals surface area contributed by atoms with Crippen molar-refractivity contribution in [3.63, 3.8) is 0 Å². The monoisotopic (exact) mass is 251 g/mol. The van der Waals surface area contributed by atoms with Gasteiger partial charge >= 0.3 is 0 Å². The molecule has 0 aliphatic heterocycles. The molecule has 1 fully saturated rings. The molecule has 1 unspecified atom stereocenters. The molecule has 1 aliphatic carbocycles. The molecule has 1 aromatic rings. The van der Waals surface area contributed by atoms with Gasteiger partial charge in [0.1, 0.15) is 5.82 Å². The molecule has 0 spiro atoms. The van der Waals surface area contributed by atoms with Crippen molar-refractivity contribution in [3.05, 3.63) is 35.6 Å². The third-order valence-electron chi connectivity index (χ3n) is 3.36. The Kier molecular flexibility index (Phi) is 5.14. The number of benzene rings is 1. The maximum atomic E-state index is 13.6. The Bertz CT molecular complexity index is 365. The molecule has 0 amide bonds. The van der Waals surface area contributed by atoms with Gasteiger partial charge < -0.3 is 10.1 Å². The summed E-state index contributed by atoms with van der Waals surface area (Å²) >= 11 is 0. The van der Waals surface area contributed by atoms with E-state index in [1.54, 1.807) is 6.07 Å². The van der Waals surface area contributed by atoms with Crippen LogP contribution in [0.1, 0.15) is 18.4 Å². The fraction of sp³-hybridized carbons (Fsp3) is 0.600. The Balaban J connectivity index is 1.82. The van der Waals surface area contributed by atoms with Crippen molar-refractivity contribution in [2.45, 2.75) is 19.3 Å². The van der Waals surface area contributed by atoms with E-state index in [1.165, 1.54) is 18.9 Å². The average molecular weight is 251 g/mol. The van der Waals surface area contributed by atoms with Gasteiger partial charge in [-0.15, -0.1) is 0 Å². The van der Waals surface area contributed by atoms with E-state index in [2.05, 4.69) is 5.32 Å². The summed E-state index contributed by atoms with van der Waals surface area (Å²) in [7, 11) is 1.93. The third kappa shape index (κ3) is 4.39. The third-order valence-corrected chi connectivity index (χ3v) is 3.36. The van der Waals surface area contributed by atoms with Crippen LogP contribution in [0.5, 0.6) is 0 Å². The van der Waals surface area contributed by atoms with Gasteiger partial charge in [-0.05, 0) is 49.8 Å². The lowest BCUT2D eigenvalue weighted by Crippen LogP contribution is -2.25. The van der Waals surface area contributed by atoms with Crippen molar-refractivity contribution in [2.24, 2.45) is 11.8 Å². The van der Waals surface area contributed by atoms with E-state index in [0.29, 0.717) is 12.5 Å². The van der Waals surface area contributed by atoms with Crippen LogP contribution in [0.25, 0.3) is 0 Å². The molecular formula is C15H22FNO. The van der Waals surface area contributed by atoms with E-state index in [0.717, 1.165) is 31.1 Å². The van der Waals surface area contributed by atoms with Crippen molar-refractivity contribution in [2.75, 3.05) is 26.8 Å². The second kappa shape index (κ2) is 6.86. The summed E-state index contributed by atoms with van der Waals surface area (Å²) in [4.78, 5) is 0. The summed E-state index contributed by atoms with van der Waals surface area (Å²) < 4.78 is 19.3. The Labute approximate surface area is 109 Å². The Morgan fingerprint density at radius 2 is 2.17 bits per heavy atom. The zero-order valence-corrected chi connectivity index (χ0v) is 11.0. The largest absolute Gasteiger partial charge is 0.381 e. The van der Waals surface area contributed by atoms with E-state index in [9.17, 15) is 4.39 Å². The van der Waals surface area contributed by atoms with E-state index in [1.807, 2.05) is 19.2 Å². The maximum Gasteiger partial charge on any atom is 0.126 e. The van der Waals surface area contributed by atoms with E-state index >= 15 is 0 Å². The summed E-state index contributed by atoms with van der Waals surface area (Å²) in [6.07, 6.45) is 3.35. The van der Waals surface area contributed by atoms with Crippen LogP contribution in [-0.4, -0.2) is 26.8 Å². The zero-order valence-electron chi connectivity index (χ0n) is 11.0. The van der Waals surface area contributed by atoms with Crippen molar-refractivity contribution in [1.82, 2.24) is 5.32 Å². The number of hydrogen-bond acceptors (Lipinski definition) is 2. The van der Waals surface area contributed by atoms with Gasteiger partial charge in [0.05, 0.1) is 6.61 Å². The molecule has 2 rings (SSSR count). The molecule has 1 aromatic carbocycles. The number of hydrogen-bond donors (Lipinski definition) is 1. The highest BCUT2D eigenvalue weighted by molar-refractivity contribution is 5.17. The summed E-state index contributed by atoms with van der Waals surface area (Å²) in [6.45, 7) is 2.45. The lowest BCUT2D eigenvalue weighted by molar-refractivity contribution is 0.0910. The molecular weight excluding hydrogens is 229 g/mol. The van der Waals surface area contributed by atoms with Gasteiger partial charge in [0.25, 0.3) is 0 Å². The molecule has 0 aromatic heterocycles. The molecule has 2 nitrogen and oxygen atoms in total. The van der Waals surface area contributed by atoms with Gasteiger partial charge in [-0.3, -0.25) is 0 Å². The van der Waals surface area contributed by atoms with Crippen LogP contribution >= 0.6 is 0 Å². The molecule has 0 radical (unpaired) electrons. The number of ether oxygens (including phenoxy) is 1. The summed E-state index contributed by atoms with van der Waals surface area (Å²) in [5, 5.41) is 3.16. The van der Waals surface area contributed by atoms with Crippen molar-refractivity contribution < 1.29 is 9.13 Å². The standard InChI is InChI=1S/C15H22FNO/c1-17-9-13(11-18-10-12-6-7-12)8-14-4-2-3-5-15(14)16/h2-5,12-13,17H,6-11H2,1H3. The van der Waals surface area contributed by atoms with Crippen molar-refractivity contribution in [1.29, 1.82) is 0 Å². The Morgan fingerprint density at radius 3 is 2.83 bits per heavy atom. The summed E-state index contributed by atoms with van der Waals surface area (Å²) in [5.41, 5.74) is 0.785. The van der Waals surface area contributed by atoms with E-state index in [4.69, 9.17) is 4.74 Å². The number of rotatable bonds is 8. The smallest absolute Gasteiger partial charge is 0.126 e. The van der Waals surface area contributed by atoms with E-state index < -0.39 is 0 Å². The molecule has 18 heavy (non-hydrogen) atoms. The van der Waals surface area contributed by atoms with E-state index in [-0.39, 0.29) is 5.82 Å². The quantitative estimate of drug-likeness (QED) is 0.767. The normalized spacial score (nSPS) is 16.8. The summed E-state index contributed by atoms with van der Waals surface area (Å²) in [5.74, 6) is 1.01. The Hall–Kier alpha value is -0.930. The predicted octanol–water partition coefficient (Wildman–Crippen LogP) is 2.63. The molecule has 100 valence electrons. The zero-order chi connectivity index (χ0) is 12.8. The van der Waals surface area contributed by atoms with Crippen molar-refractivity contribution in [3.8, 4) is 0 Å². The number of halogens is 1. The first-order valence-electron chi connectivity index (χ1n) is 6.75. The highest BCUT2D eigenvalue weighted by atomic mass is 19.1. The molecule has 0 heterocycles. The fourth-order valence-corrected chi connectivity index (χ4v) is 2.14. The fourth-order valence-electron chi connectivity index (χ4n) is 2.14. The lowest BCUT2D eigenvalue weighted by atomic mass is 9.99. The van der Waals surface area contributed by atoms with Crippen molar-refractivity contribution >= 4 is 0 Å². The molecule has 0 bridgehead atoms. The second-order valence-electron chi connectivity index (χ2n) is 5.20. The first-order valence-corrected chi connectivity index (χ1v) is 6.75. The van der Waals surface area contributed by atoms with Crippen LogP contribution in [-0.2, 0) is 11.2 Å². The van der Waals surface area contributed by atoms with Crippen LogP contribution in [0.15, 0.2) is 24.3 Å². The molecule has 0 saturated heterocycles. The predicted molar refractivity (Wildman–Crippen MR) is 71.1 cm³/mol. The molecule has 1 N–H and O–H groups in total.